The highest BCUT2D eigenvalue weighted by molar-refractivity contribution is 6.36. The van der Waals surface area contributed by atoms with Gasteiger partial charge in [-0.25, -0.2) is 0 Å². The van der Waals surface area contributed by atoms with Crippen LogP contribution in [0.15, 0.2) is 66.9 Å². The number of carbonyl (C=O) groups is 1. The van der Waals surface area contributed by atoms with E-state index in [0.29, 0.717) is 17.9 Å². The summed E-state index contributed by atoms with van der Waals surface area (Å²) in [7, 11) is 0. The summed E-state index contributed by atoms with van der Waals surface area (Å²) in [5.41, 5.74) is 6.91. The van der Waals surface area contributed by atoms with E-state index >= 15 is 0 Å². The van der Waals surface area contributed by atoms with Crippen molar-refractivity contribution in [2.75, 3.05) is 18.4 Å². The number of nitrogens with one attached hydrogen (secondary N) is 1. The van der Waals surface area contributed by atoms with Crippen LogP contribution in [0.5, 0.6) is 0 Å². The van der Waals surface area contributed by atoms with Gasteiger partial charge in [-0.3, -0.25) is 14.7 Å². The van der Waals surface area contributed by atoms with Gasteiger partial charge in [0.15, 0.2) is 0 Å². The molecule has 156 valence electrons. The van der Waals surface area contributed by atoms with Crippen molar-refractivity contribution >= 4 is 22.9 Å². The molecule has 0 unspecified atom stereocenters. The zero-order chi connectivity index (χ0) is 21.2. The quantitative estimate of drug-likeness (QED) is 0.607. The van der Waals surface area contributed by atoms with Crippen LogP contribution in [-0.4, -0.2) is 28.9 Å². The minimum absolute atomic E-state index is 0.0974. The Morgan fingerprint density at radius 1 is 1.06 bits per heavy atom. The fraction of sp³-hybridized carbons (Fsp3) is 0.231. The van der Waals surface area contributed by atoms with E-state index in [-0.39, 0.29) is 5.91 Å². The van der Waals surface area contributed by atoms with Crippen molar-refractivity contribution in [2.45, 2.75) is 26.5 Å². The maximum atomic E-state index is 12.6. The Kier molecular flexibility index (Phi) is 5.26. The summed E-state index contributed by atoms with van der Waals surface area (Å²) in [6.07, 6.45) is 2.79. The van der Waals surface area contributed by atoms with Crippen LogP contribution < -0.4 is 5.32 Å². The Bertz CT molecular complexity index is 1150. The largest absolute Gasteiger partial charge is 0.487 e. The first-order chi connectivity index (χ1) is 15.2. The summed E-state index contributed by atoms with van der Waals surface area (Å²) in [4.78, 5) is 19.5. The normalized spacial score (nSPS) is 16.8. The van der Waals surface area contributed by atoms with Gasteiger partial charge in [0, 0.05) is 53.8 Å². The lowest BCUT2D eigenvalue weighted by molar-refractivity contribution is -0.110. The van der Waals surface area contributed by atoms with Crippen LogP contribution in [0.1, 0.15) is 34.9 Å². The maximum Gasteiger partial charge on any atom is 0.260 e. The fourth-order valence-electron chi connectivity index (χ4n) is 4.29. The third-order valence-corrected chi connectivity index (χ3v) is 5.95. The zero-order valence-electron chi connectivity index (χ0n) is 17.6. The number of carbonyl (C=O) groups excluding carboxylic acids is 1. The molecule has 1 N–H and O–H groups in total. The predicted molar refractivity (Wildman–Crippen MR) is 122 cm³/mol. The molecule has 5 heteroatoms. The number of para-hydroxylation sites is 1. The van der Waals surface area contributed by atoms with Gasteiger partial charge in [0.05, 0.1) is 5.57 Å². The highest BCUT2D eigenvalue weighted by Gasteiger charge is 2.32. The molecule has 0 bridgehead atoms. The molecule has 1 aromatic heterocycles. The van der Waals surface area contributed by atoms with E-state index in [9.17, 15) is 4.79 Å². The number of rotatable bonds is 6. The number of aromatic nitrogens is 1. The second kappa shape index (κ2) is 8.36. The van der Waals surface area contributed by atoms with Crippen molar-refractivity contribution in [3.8, 4) is 0 Å². The molecule has 5 rings (SSSR count). The molecular weight excluding hydrogens is 386 g/mol. The second-order valence-corrected chi connectivity index (χ2v) is 7.92. The number of fused-ring (bicyclic) bond motifs is 2. The van der Waals surface area contributed by atoms with Crippen molar-refractivity contribution in [1.29, 1.82) is 0 Å². The molecule has 0 spiro atoms. The van der Waals surface area contributed by atoms with Crippen molar-refractivity contribution < 1.29 is 9.53 Å². The topological polar surface area (TPSA) is 54.5 Å². The lowest BCUT2D eigenvalue weighted by atomic mass is 9.99. The molecular formula is C26H25N3O2. The maximum absolute atomic E-state index is 12.6. The number of ether oxygens (including phenoxy) is 1. The van der Waals surface area contributed by atoms with Gasteiger partial charge < -0.3 is 10.1 Å². The number of nitrogens with zero attached hydrogens (tertiary/aromatic N) is 2. The summed E-state index contributed by atoms with van der Waals surface area (Å²) in [5.74, 6) is 0.589. The molecule has 0 saturated carbocycles. The SMILES string of the molecule is CCN(CCc1ccccn1)Cc1ccc2c(c1)COC2=C1C(=O)Nc2ccccc21. The molecule has 0 aliphatic carbocycles. The number of likely N-dealkylation sites (N-methyl/N-ethyl adjacent to an activating group) is 1. The average molecular weight is 412 g/mol. The predicted octanol–water partition coefficient (Wildman–Crippen LogP) is 4.50. The third kappa shape index (κ3) is 3.84. The number of hydrogen-bond acceptors (Lipinski definition) is 4. The molecule has 0 atom stereocenters. The van der Waals surface area contributed by atoms with E-state index < -0.39 is 0 Å². The summed E-state index contributed by atoms with van der Waals surface area (Å²) in [6.45, 7) is 5.51. The minimum atomic E-state index is -0.0974. The van der Waals surface area contributed by atoms with E-state index in [2.05, 4.69) is 46.4 Å². The Morgan fingerprint density at radius 2 is 1.94 bits per heavy atom. The van der Waals surface area contributed by atoms with Crippen LogP contribution in [0.2, 0.25) is 0 Å². The Labute approximate surface area is 182 Å². The number of hydrogen-bond donors (Lipinski definition) is 1. The first-order valence-corrected chi connectivity index (χ1v) is 10.7. The van der Waals surface area contributed by atoms with E-state index in [0.717, 1.165) is 54.1 Å². The van der Waals surface area contributed by atoms with Crippen LogP contribution in [0.3, 0.4) is 0 Å². The van der Waals surface area contributed by atoms with Gasteiger partial charge >= 0.3 is 0 Å². The van der Waals surface area contributed by atoms with Crippen LogP contribution in [0.4, 0.5) is 5.69 Å². The molecule has 0 radical (unpaired) electrons. The monoisotopic (exact) mass is 411 g/mol. The summed E-state index contributed by atoms with van der Waals surface area (Å²) in [6, 6.07) is 20.3. The van der Waals surface area contributed by atoms with E-state index in [1.165, 1.54) is 5.56 Å². The zero-order valence-corrected chi connectivity index (χ0v) is 17.6. The Balaban J connectivity index is 1.35. The third-order valence-electron chi connectivity index (χ3n) is 5.95. The van der Waals surface area contributed by atoms with Crippen molar-refractivity contribution in [2.24, 2.45) is 0 Å². The van der Waals surface area contributed by atoms with Gasteiger partial charge in [-0.2, -0.15) is 0 Å². The lowest BCUT2D eigenvalue weighted by Gasteiger charge is -2.20. The Morgan fingerprint density at radius 3 is 2.77 bits per heavy atom. The van der Waals surface area contributed by atoms with Crippen LogP contribution in [0, 0.1) is 0 Å². The van der Waals surface area contributed by atoms with Crippen molar-refractivity contribution in [3.05, 3.63) is 94.8 Å². The van der Waals surface area contributed by atoms with E-state index in [1.807, 2.05) is 42.6 Å². The van der Waals surface area contributed by atoms with E-state index in [1.54, 1.807) is 0 Å². The highest BCUT2D eigenvalue weighted by Crippen LogP contribution is 2.41. The second-order valence-electron chi connectivity index (χ2n) is 7.92. The molecule has 0 fully saturated rings. The molecule has 5 nitrogen and oxygen atoms in total. The Hall–Kier alpha value is -3.44. The van der Waals surface area contributed by atoms with Gasteiger partial charge in [0.25, 0.3) is 5.91 Å². The number of amides is 1. The molecule has 2 aromatic carbocycles. The highest BCUT2D eigenvalue weighted by atomic mass is 16.5. The van der Waals surface area contributed by atoms with Crippen LogP contribution >= 0.6 is 0 Å². The van der Waals surface area contributed by atoms with Gasteiger partial charge in [0.2, 0.25) is 0 Å². The van der Waals surface area contributed by atoms with E-state index in [4.69, 9.17) is 4.74 Å². The van der Waals surface area contributed by atoms with Gasteiger partial charge in [-0.1, -0.05) is 49.4 Å². The molecule has 3 aromatic rings. The fourth-order valence-corrected chi connectivity index (χ4v) is 4.29. The molecule has 0 saturated heterocycles. The number of benzene rings is 2. The van der Waals surface area contributed by atoms with Crippen LogP contribution in [0.25, 0.3) is 11.3 Å². The average Bonchev–Trinajstić information content (AvgIpc) is 3.36. The van der Waals surface area contributed by atoms with Crippen LogP contribution in [-0.2, 0) is 29.1 Å². The van der Waals surface area contributed by atoms with Gasteiger partial charge in [-0.15, -0.1) is 0 Å². The van der Waals surface area contributed by atoms with Crippen molar-refractivity contribution in [1.82, 2.24) is 9.88 Å². The standard InChI is InChI=1S/C26H25N3O2/c1-2-29(14-12-20-7-5-6-13-27-20)16-18-10-11-21-19(15-18)17-31-25(21)24-22-8-3-4-9-23(22)28-26(24)30/h3-11,13,15H,2,12,14,16-17H2,1H3,(H,28,30). The smallest absolute Gasteiger partial charge is 0.260 e. The summed E-state index contributed by atoms with van der Waals surface area (Å²) < 4.78 is 6.02. The first kappa shape index (κ1) is 19.5. The number of pyridine rings is 1. The molecule has 31 heavy (non-hydrogen) atoms. The lowest BCUT2D eigenvalue weighted by Crippen LogP contribution is -2.25. The number of anilines is 1. The molecule has 2 aliphatic heterocycles. The molecule has 1 amide bonds. The molecule has 3 heterocycles. The summed E-state index contributed by atoms with van der Waals surface area (Å²) >= 11 is 0. The van der Waals surface area contributed by atoms with Gasteiger partial charge in [-0.05, 0) is 30.3 Å². The van der Waals surface area contributed by atoms with Gasteiger partial charge in [0.1, 0.15) is 12.4 Å². The minimum Gasteiger partial charge on any atom is -0.487 e. The first-order valence-electron chi connectivity index (χ1n) is 10.7. The summed E-state index contributed by atoms with van der Waals surface area (Å²) in [5, 5.41) is 2.94. The molecule has 2 aliphatic rings. The van der Waals surface area contributed by atoms with Crippen molar-refractivity contribution in [3.63, 3.8) is 0 Å².